The molecule has 0 N–H and O–H groups in total. The van der Waals surface area contributed by atoms with Crippen molar-refractivity contribution < 1.29 is 4.79 Å². The smallest absolute Gasteiger partial charge is 0.264 e. The molecule has 1 amide bonds. The molecule has 3 aromatic rings. The van der Waals surface area contributed by atoms with Crippen molar-refractivity contribution in [3.8, 4) is 6.07 Å². The van der Waals surface area contributed by atoms with Crippen LogP contribution in [0.3, 0.4) is 0 Å². The van der Waals surface area contributed by atoms with E-state index in [4.69, 9.17) is 0 Å². The Morgan fingerprint density at radius 3 is 2.70 bits per heavy atom. The van der Waals surface area contributed by atoms with Crippen molar-refractivity contribution in [1.82, 2.24) is 0 Å². The molecule has 1 aliphatic heterocycles. The number of amides is 1. The Morgan fingerprint density at radius 1 is 1.09 bits per heavy atom. The maximum atomic E-state index is 13.0. The van der Waals surface area contributed by atoms with Gasteiger partial charge in [-0.25, -0.2) is 0 Å². The van der Waals surface area contributed by atoms with Gasteiger partial charge in [0.25, 0.3) is 5.91 Å². The van der Waals surface area contributed by atoms with E-state index < -0.39 is 0 Å². The lowest BCUT2D eigenvalue weighted by molar-refractivity contribution is 0.100. The van der Waals surface area contributed by atoms with Crippen LogP contribution in [0.25, 0.3) is 16.8 Å². The van der Waals surface area contributed by atoms with Crippen LogP contribution in [0.4, 0.5) is 11.4 Å². The topological polar surface area (TPSA) is 44.1 Å². The normalized spacial score (nSPS) is 12.5. The molecule has 4 rings (SSSR count). The van der Waals surface area contributed by atoms with Crippen LogP contribution in [0.2, 0.25) is 0 Å². The van der Waals surface area contributed by atoms with Gasteiger partial charge in [-0.3, -0.25) is 9.69 Å². The highest BCUT2D eigenvalue weighted by Gasteiger charge is 2.33. The van der Waals surface area contributed by atoms with Gasteiger partial charge in [0.2, 0.25) is 0 Å². The van der Waals surface area contributed by atoms with Gasteiger partial charge in [-0.1, -0.05) is 43.0 Å². The molecular weight excluding hydrogens is 284 g/mol. The highest BCUT2D eigenvalue weighted by atomic mass is 16.2. The number of anilines is 2. The molecule has 3 aromatic carbocycles. The van der Waals surface area contributed by atoms with Crippen LogP contribution in [0.5, 0.6) is 0 Å². The number of carbonyl (C=O) groups is 1. The Hall–Kier alpha value is -3.38. The second-order valence-corrected chi connectivity index (χ2v) is 5.41. The second-order valence-electron chi connectivity index (χ2n) is 5.41. The van der Waals surface area contributed by atoms with Crippen molar-refractivity contribution in [1.29, 1.82) is 5.26 Å². The first-order chi connectivity index (χ1) is 11.2. The molecule has 0 bridgehead atoms. The summed E-state index contributed by atoms with van der Waals surface area (Å²) in [6.45, 7) is 3.78. The summed E-state index contributed by atoms with van der Waals surface area (Å²) in [6.07, 6.45) is 1.75. The average Bonchev–Trinajstić information content (AvgIpc) is 2.90. The minimum atomic E-state index is -0.158. The Balaban J connectivity index is 2.03. The lowest BCUT2D eigenvalue weighted by Crippen LogP contribution is -2.21. The van der Waals surface area contributed by atoms with Crippen LogP contribution in [-0.2, 0) is 0 Å². The summed E-state index contributed by atoms with van der Waals surface area (Å²) in [6, 6.07) is 19.2. The molecule has 0 atom stereocenters. The van der Waals surface area contributed by atoms with Crippen LogP contribution in [0.1, 0.15) is 21.5 Å². The van der Waals surface area contributed by atoms with Gasteiger partial charge in [-0.05, 0) is 35.2 Å². The van der Waals surface area contributed by atoms with Gasteiger partial charge in [0.15, 0.2) is 0 Å². The maximum Gasteiger partial charge on any atom is 0.264 e. The molecule has 3 nitrogen and oxygen atoms in total. The predicted molar refractivity (Wildman–Crippen MR) is 91.7 cm³/mol. The van der Waals surface area contributed by atoms with Crippen LogP contribution in [0.15, 0.2) is 61.2 Å². The number of hydrogen-bond acceptors (Lipinski definition) is 2. The van der Waals surface area contributed by atoms with E-state index in [9.17, 15) is 10.1 Å². The number of nitriles is 1. The van der Waals surface area contributed by atoms with Gasteiger partial charge in [-0.2, -0.15) is 5.26 Å². The van der Waals surface area contributed by atoms with Gasteiger partial charge < -0.3 is 0 Å². The van der Waals surface area contributed by atoms with Crippen LogP contribution >= 0.6 is 0 Å². The van der Waals surface area contributed by atoms with E-state index in [-0.39, 0.29) is 5.91 Å². The highest BCUT2D eigenvalue weighted by molar-refractivity contribution is 6.28. The zero-order chi connectivity index (χ0) is 16.0. The van der Waals surface area contributed by atoms with Crippen molar-refractivity contribution in [2.45, 2.75) is 0 Å². The van der Waals surface area contributed by atoms with Crippen molar-refractivity contribution in [3.63, 3.8) is 0 Å². The van der Waals surface area contributed by atoms with E-state index in [2.05, 4.69) is 12.6 Å². The molecule has 1 heterocycles. The third-order valence-electron chi connectivity index (χ3n) is 4.17. The fourth-order valence-electron chi connectivity index (χ4n) is 3.13. The third kappa shape index (κ3) is 1.79. The fourth-order valence-corrected chi connectivity index (χ4v) is 3.13. The molecule has 0 saturated carbocycles. The summed E-state index contributed by atoms with van der Waals surface area (Å²) >= 11 is 0. The first-order valence-corrected chi connectivity index (χ1v) is 7.27. The zero-order valence-electron chi connectivity index (χ0n) is 12.3. The first kappa shape index (κ1) is 13.3. The van der Waals surface area contributed by atoms with Crippen LogP contribution in [-0.4, -0.2) is 5.91 Å². The van der Waals surface area contributed by atoms with Gasteiger partial charge in [0.1, 0.15) is 0 Å². The highest BCUT2D eigenvalue weighted by Crippen LogP contribution is 2.42. The molecule has 0 fully saturated rings. The van der Waals surface area contributed by atoms with E-state index in [1.54, 1.807) is 17.0 Å². The molecule has 0 saturated heterocycles. The minimum Gasteiger partial charge on any atom is -0.276 e. The molecule has 1 aliphatic rings. The SMILES string of the molecule is C=Cc1cccc(N2C(=O)c3c(C#N)ccc4cccc2c34)c1. The molecule has 0 aliphatic carbocycles. The molecule has 0 unspecified atom stereocenters. The van der Waals surface area contributed by atoms with Crippen LogP contribution in [0, 0.1) is 11.3 Å². The standard InChI is InChI=1S/C20H12N2O/c1-2-13-5-3-7-16(11-13)22-17-8-4-6-14-9-10-15(12-21)19(18(14)17)20(22)23/h2-11H,1H2. The van der Waals surface area contributed by atoms with E-state index in [1.807, 2.05) is 48.5 Å². The Kier molecular flexibility index (Phi) is 2.79. The summed E-state index contributed by atoms with van der Waals surface area (Å²) < 4.78 is 0. The molecule has 0 radical (unpaired) electrons. The second kappa shape index (κ2) is 4.82. The molecule has 108 valence electrons. The van der Waals surface area contributed by atoms with Gasteiger partial charge in [-0.15, -0.1) is 0 Å². The largest absolute Gasteiger partial charge is 0.276 e. The molecule has 3 heteroatoms. The fraction of sp³-hybridized carbons (Fsp3) is 0. The maximum absolute atomic E-state index is 13.0. The van der Waals surface area contributed by atoms with Crippen LogP contribution < -0.4 is 4.90 Å². The van der Waals surface area contributed by atoms with Crippen molar-refractivity contribution in [3.05, 3.63) is 77.9 Å². The van der Waals surface area contributed by atoms with E-state index >= 15 is 0 Å². The minimum absolute atomic E-state index is 0.158. The Bertz CT molecular complexity index is 1030. The third-order valence-corrected chi connectivity index (χ3v) is 4.17. The lowest BCUT2D eigenvalue weighted by Gasteiger charge is -2.18. The monoisotopic (exact) mass is 296 g/mol. The number of carbonyl (C=O) groups excluding carboxylic acids is 1. The van der Waals surface area contributed by atoms with E-state index in [1.165, 1.54) is 0 Å². The van der Waals surface area contributed by atoms with Gasteiger partial charge in [0.05, 0.1) is 22.9 Å². The molecule has 0 aromatic heterocycles. The number of rotatable bonds is 2. The molecule has 23 heavy (non-hydrogen) atoms. The summed E-state index contributed by atoms with van der Waals surface area (Å²) in [5.74, 6) is -0.158. The summed E-state index contributed by atoms with van der Waals surface area (Å²) in [7, 11) is 0. The van der Waals surface area contributed by atoms with Crippen molar-refractivity contribution >= 4 is 34.1 Å². The average molecular weight is 296 g/mol. The Morgan fingerprint density at radius 2 is 1.91 bits per heavy atom. The molecular formula is C20H12N2O. The summed E-state index contributed by atoms with van der Waals surface area (Å²) in [5, 5.41) is 11.2. The van der Waals surface area contributed by atoms with Gasteiger partial charge >= 0.3 is 0 Å². The van der Waals surface area contributed by atoms with E-state index in [0.717, 1.165) is 27.7 Å². The van der Waals surface area contributed by atoms with Crippen molar-refractivity contribution in [2.24, 2.45) is 0 Å². The first-order valence-electron chi connectivity index (χ1n) is 7.27. The zero-order valence-corrected chi connectivity index (χ0v) is 12.3. The van der Waals surface area contributed by atoms with Crippen molar-refractivity contribution in [2.75, 3.05) is 4.90 Å². The van der Waals surface area contributed by atoms with Gasteiger partial charge in [0, 0.05) is 11.1 Å². The Labute approximate surface area is 133 Å². The predicted octanol–water partition coefficient (Wildman–Crippen LogP) is 4.65. The summed E-state index contributed by atoms with van der Waals surface area (Å²) in [4.78, 5) is 14.7. The number of hydrogen-bond donors (Lipinski definition) is 0. The number of benzene rings is 3. The lowest BCUT2D eigenvalue weighted by atomic mass is 10.0. The quantitative estimate of drug-likeness (QED) is 0.691. The number of nitrogens with zero attached hydrogens (tertiary/aromatic N) is 2. The molecule has 0 spiro atoms. The van der Waals surface area contributed by atoms with E-state index in [0.29, 0.717) is 11.1 Å². The summed E-state index contributed by atoms with van der Waals surface area (Å²) in [5.41, 5.74) is 3.45.